The topological polar surface area (TPSA) is 200 Å². The second-order valence-electron chi connectivity index (χ2n) is 26.8. The number of furan rings is 3. The molecule has 0 N–H and O–H groups in total. The summed E-state index contributed by atoms with van der Waals surface area (Å²) in [5.41, 5.74) is 24.4. The molecule has 0 radical (unpaired) electrons. The Labute approximate surface area is 611 Å². The summed E-state index contributed by atoms with van der Waals surface area (Å²) in [4.78, 5) is 18.3. The highest BCUT2D eigenvalue weighted by atomic mass is 16.3. The van der Waals surface area contributed by atoms with Gasteiger partial charge in [-0.15, -0.1) is 37.5 Å². The fourth-order valence-corrected chi connectivity index (χ4v) is 16.5. The number of pyridine rings is 1. The lowest BCUT2D eigenvalue weighted by Gasteiger charge is -2.07. The van der Waals surface area contributed by atoms with Crippen LogP contribution in [0.15, 0.2) is 232 Å². The number of nitrogens with zero attached hydrogens (tertiary/aromatic N) is 17. The number of nitriles is 4. The van der Waals surface area contributed by atoms with Crippen LogP contribution < -0.4 is 18.7 Å². The van der Waals surface area contributed by atoms with Crippen LogP contribution in [0.1, 0.15) is 50.1 Å². The van der Waals surface area contributed by atoms with E-state index in [1.807, 2.05) is 116 Å². The number of hydrogen-bond acceptors (Lipinski definition) is 8. The van der Waals surface area contributed by atoms with Crippen LogP contribution in [-0.4, -0.2) is 23.7 Å². The van der Waals surface area contributed by atoms with Gasteiger partial charge >= 0.3 is 0 Å². The van der Waals surface area contributed by atoms with Crippen LogP contribution in [0.25, 0.3) is 163 Å². The molecule has 108 heavy (non-hydrogen) atoms. The summed E-state index contributed by atoms with van der Waals surface area (Å²) >= 11 is 0. The smallest absolute Gasteiger partial charge is 0.227 e. The number of rotatable bonds is 1. The number of aryl methyl sites for hydroxylation is 1. The minimum absolute atomic E-state index is 0.377. The van der Waals surface area contributed by atoms with Crippen LogP contribution in [0.4, 0.5) is 22.7 Å². The molecule has 4 aliphatic rings. The summed E-state index contributed by atoms with van der Waals surface area (Å²) in [6.07, 6.45) is 9.58. The van der Waals surface area contributed by atoms with Gasteiger partial charge in [0.25, 0.3) is 0 Å². The van der Waals surface area contributed by atoms with E-state index in [-0.39, 0.29) is 0 Å². The standard InChI is InChI=1S/C22H12N5O.2C22H11N4O.C22H13N4/c1-12-8-14-13-4-3-7-25-22(13)28-21(14)20-16(12)10-26-11-17-15(9-23)18(24-2)5-6-19(17)27(20)26;1-24-18-6-7-19-17(16(18)10-23)12-25-11-13-8-15-14-4-2-3-5-21(14)27-22(15)9-20(13)26(19)25;1-24-18-8-9-19-17(16(18)10-23)12-25-11-13-6-7-15-14-4-2-3-5-20(14)27-22(15)21(13)26(19)25;1-24-20-10-11-21-19(18(20)12-23)14-25-13-16-8-5-9-17(22(16)26(21)25)15-6-3-2-4-7-15/h3-8,11H,10H2,1H3;2*2-9,12H,11H2;2-11,14H,13H2/q4*+1. The Balaban J connectivity index is 0.0000000949. The lowest BCUT2D eigenvalue weighted by Crippen LogP contribution is -2.36. The summed E-state index contributed by atoms with van der Waals surface area (Å²) in [6.45, 7) is 34.2. The van der Waals surface area contributed by atoms with E-state index in [9.17, 15) is 21.0 Å². The van der Waals surface area contributed by atoms with E-state index in [0.29, 0.717) is 63.8 Å². The molecule has 0 bridgehead atoms. The van der Waals surface area contributed by atoms with Crippen molar-refractivity contribution >= 4 is 132 Å². The molecule has 498 valence electrons. The quantitative estimate of drug-likeness (QED) is 0.114. The maximum absolute atomic E-state index is 9.61. The summed E-state index contributed by atoms with van der Waals surface area (Å²) in [5.74, 6) is 0. The molecular weight excluding hydrogens is 1340 g/mol. The second kappa shape index (κ2) is 23.4. The van der Waals surface area contributed by atoms with Crippen molar-refractivity contribution in [3.05, 3.63) is 315 Å². The maximum Gasteiger partial charge on any atom is 0.227 e. The summed E-state index contributed by atoms with van der Waals surface area (Å²) < 4.78 is 35.3. The first-order chi connectivity index (χ1) is 53.1. The van der Waals surface area contributed by atoms with Gasteiger partial charge in [-0.2, -0.15) is 21.0 Å². The van der Waals surface area contributed by atoms with Gasteiger partial charge in [0.15, 0.2) is 42.2 Å². The van der Waals surface area contributed by atoms with Gasteiger partial charge in [-0.1, -0.05) is 109 Å². The zero-order valence-corrected chi connectivity index (χ0v) is 56.9. The SMILES string of the molecule is [C-]#[N+]c1ccc2c(c[n+]3n2-c2c(c(C)cc4c2oc2ncccc24)C3)c1C#N.[C-]#[N+]c1ccc2c(c[n+]3n2-c2c(ccc4c2oc2ccccc24)C3)c1C#N.[C-]#[N+]c1ccc2c(c[n+]3n2-c2c(cccc2-c2ccccc2)C3)c1C#N.[C-]#[N+]c1ccc2c(c[n+]3n2-c2cc4oc5ccccc5c4cc2C3)c1C#N. The number of hydrogen-bond donors (Lipinski definition) is 0. The molecule has 0 fully saturated rings. The summed E-state index contributed by atoms with van der Waals surface area (Å²) in [5, 5.41) is 47.9. The first kappa shape index (κ1) is 61.6. The number of aromatic nitrogens is 9. The van der Waals surface area contributed by atoms with E-state index in [0.717, 1.165) is 145 Å². The minimum Gasteiger partial charge on any atom is -0.456 e. The molecule has 0 amide bonds. The van der Waals surface area contributed by atoms with Crippen molar-refractivity contribution in [2.45, 2.75) is 33.1 Å². The Kier molecular flexibility index (Phi) is 13.4. The Morgan fingerprint density at radius 3 is 1.44 bits per heavy atom. The van der Waals surface area contributed by atoms with Crippen LogP contribution in [0.2, 0.25) is 0 Å². The molecule has 23 rings (SSSR count). The molecule has 20 heteroatoms. The van der Waals surface area contributed by atoms with E-state index in [1.54, 1.807) is 30.5 Å². The van der Waals surface area contributed by atoms with Crippen molar-refractivity contribution in [3.8, 4) is 58.2 Å². The fraction of sp³-hybridized carbons (Fsp3) is 0.0568. The largest absolute Gasteiger partial charge is 0.456 e. The number of para-hydroxylation sites is 3. The first-order valence-corrected chi connectivity index (χ1v) is 34.4. The Morgan fingerprint density at radius 2 is 0.861 bits per heavy atom. The molecule has 20 nitrogen and oxygen atoms in total. The molecule has 11 aromatic carbocycles. The second-order valence-corrected chi connectivity index (χ2v) is 26.8. The zero-order valence-electron chi connectivity index (χ0n) is 56.9. The van der Waals surface area contributed by atoms with Gasteiger partial charge in [0.05, 0.1) is 105 Å². The van der Waals surface area contributed by atoms with Gasteiger partial charge in [-0.25, -0.2) is 24.4 Å². The van der Waals surface area contributed by atoms with E-state index in [2.05, 4.69) is 166 Å². The van der Waals surface area contributed by atoms with E-state index in [4.69, 9.17) is 39.5 Å². The maximum atomic E-state index is 9.61. The average Bonchev–Trinajstić information content (AvgIpc) is 1.57. The highest BCUT2D eigenvalue weighted by Gasteiger charge is 2.38. The highest BCUT2D eigenvalue weighted by molar-refractivity contribution is 6.10. The predicted molar refractivity (Wildman–Crippen MR) is 404 cm³/mol. The normalized spacial score (nSPS) is 12.1. The van der Waals surface area contributed by atoms with Crippen molar-refractivity contribution in [1.82, 2.24) is 23.7 Å². The van der Waals surface area contributed by atoms with Crippen molar-refractivity contribution in [2.24, 2.45) is 0 Å². The third kappa shape index (κ3) is 8.78. The molecule has 0 saturated heterocycles. The number of benzene rings is 11. The third-order valence-corrected chi connectivity index (χ3v) is 21.2. The Bertz CT molecular complexity index is 7700. The third-order valence-electron chi connectivity index (χ3n) is 21.2. The van der Waals surface area contributed by atoms with Crippen LogP contribution in [-0.2, 0) is 26.2 Å². The monoisotopic (exact) mass is 1390 g/mol. The zero-order chi connectivity index (χ0) is 72.9. The predicted octanol–water partition coefficient (Wildman–Crippen LogP) is 17.9. The van der Waals surface area contributed by atoms with Gasteiger partial charge in [-0.05, 0) is 90.8 Å². The van der Waals surface area contributed by atoms with E-state index in [1.165, 1.54) is 33.4 Å². The molecular formula is C88H47N17O3+4. The Hall–Kier alpha value is -16.2. The minimum atomic E-state index is 0.377. The summed E-state index contributed by atoms with van der Waals surface area (Å²) in [7, 11) is 0. The average molecular weight is 1390 g/mol. The van der Waals surface area contributed by atoms with Gasteiger partial charge in [0, 0.05) is 61.3 Å². The highest BCUT2D eigenvalue weighted by Crippen LogP contribution is 2.44. The van der Waals surface area contributed by atoms with Crippen molar-refractivity contribution in [3.63, 3.8) is 0 Å². The lowest BCUT2D eigenvalue weighted by molar-refractivity contribution is -0.749. The van der Waals surface area contributed by atoms with E-state index >= 15 is 0 Å². The molecule has 19 aromatic rings. The van der Waals surface area contributed by atoms with Gasteiger partial charge in [0.1, 0.15) is 50.2 Å². The summed E-state index contributed by atoms with van der Waals surface area (Å²) in [6, 6.07) is 70.8. The first-order valence-electron chi connectivity index (χ1n) is 34.4. The van der Waals surface area contributed by atoms with Gasteiger partial charge in [-0.3, -0.25) is 0 Å². The molecule has 0 unspecified atom stereocenters. The lowest BCUT2D eigenvalue weighted by atomic mass is 10.00. The van der Waals surface area contributed by atoms with Crippen LogP contribution in [0.3, 0.4) is 0 Å². The van der Waals surface area contributed by atoms with Gasteiger partial charge < -0.3 is 13.3 Å². The molecule has 0 atom stereocenters. The van der Waals surface area contributed by atoms with Gasteiger partial charge in [0.2, 0.25) is 59.8 Å². The molecule has 12 heterocycles. The molecule has 0 aliphatic carbocycles. The van der Waals surface area contributed by atoms with Crippen LogP contribution >= 0.6 is 0 Å². The Morgan fingerprint density at radius 1 is 0.380 bits per heavy atom. The fourth-order valence-electron chi connectivity index (χ4n) is 16.5. The van der Waals surface area contributed by atoms with E-state index < -0.39 is 0 Å². The van der Waals surface area contributed by atoms with Crippen LogP contribution in [0, 0.1) is 78.5 Å². The molecule has 0 spiro atoms. The van der Waals surface area contributed by atoms with Crippen molar-refractivity contribution in [1.29, 1.82) is 21.0 Å². The number of fused-ring (bicyclic) bond motifs is 31. The molecule has 8 aromatic heterocycles. The van der Waals surface area contributed by atoms with Crippen LogP contribution in [0.5, 0.6) is 0 Å². The van der Waals surface area contributed by atoms with Crippen molar-refractivity contribution < 1.29 is 32.0 Å². The molecule has 4 aliphatic heterocycles. The van der Waals surface area contributed by atoms with Crippen molar-refractivity contribution in [2.75, 3.05) is 0 Å². The molecule has 0 saturated carbocycles.